The highest BCUT2D eigenvalue weighted by Gasteiger charge is 2.31. The molecule has 1 aromatic rings. The number of rotatable bonds is 4. The van der Waals surface area contributed by atoms with Gasteiger partial charge in [0.1, 0.15) is 0 Å². The zero-order chi connectivity index (χ0) is 17.2. The Balaban J connectivity index is 1.60. The van der Waals surface area contributed by atoms with Crippen LogP contribution in [0, 0.1) is 0 Å². The van der Waals surface area contributed by atoms with Crippen molar-refractivity contribution in [2.45, 2.75) is 58.0 Å². The fourth-order valence-corrected chi connectivity index (χ4v) is 3.75. The van der Waals surface area contributed by atoms with E-state index >= 15 is 0 Å². The van der Waals surface area contributed by atoms with Gasteiger partial charge in [-0.3, -0.25) is 9.69 Å². The summed E-state index contributed by atoms with van der Waals surface area (Å²) in [4.78, 5) is 14.7. The third kappa shape index (κ3) is 3.98. The standard InChI is InChI=1S/C20H30N2O2/c1-15(17-9-8-16-6-4-5-7-18(16)12-17)21-19(23)13-22-10-11-24-14-20(22,2)3/h8-9,12,15H,4-7,10-11,13-14H2,1-3H3,(H,21,23)/t15-/m1/s1. The SMILES string of the molecule is C[C@@H](NC(=O)CN1CCOCC1(C)C)c1ccc2c(c1)CCCC2. The predicted molar refractivity (Wildman–Crippen MR) is 96.1 cm³/mol. The lowest BCUT2D eigenvalue weighted by Gasteiger charge is -2.41. The number of aryl methyl sites for hydroxylation is 2. The summed E-state index contributed by atoms with van der Waals surface area (Å²) in [6.45, 7) is 8.97. The van der Waals surface area contributed by atoms with E-state index < -0.39 is 0 Å². The summed E-state index contributed by atoms with van der Waals surface area (Å²) in [5, 5.41) is 3.17. The van der Waals surface area contributed by atoms with Crippen molar-refractivity contribution in [2.75, 3.05) is 26.3 Å². The molecule has 1 N–H and O–H groups in total. The van der Waals surface area contributed by atoms with Crippen molar-refractivity contribution in [1.82, 2.24) is 10.2 Å². The molecule has 1 heterocycles. The van der Waals surface area contributed by atoms with Gasteiger partial charge < -0.3 is 10.1 Å². The van der Waals surface area contributed by atoms with E-state index in [1.165, 1.54) is 42.4 Å². The van der Waals surface area contributed by atoms with Gasteiger partial charge in [-0.2, -0.15) is 0 Å². The van der Waals surface area contributed by atoms with E-state index in [0.717, 1.165) is 6.54 Å². The first-order chi connectivity index (χ1) is 11.5. The highest BCUT2D eigenvalue weighted by Crippen LogP contribution is 2.25. The minimum atomic E-state index is -0.0787. The lowest BCUT2D eigenvalue weighted by molar-refractivity contribution is -0.127. The maximum atomic E-state index is 12.5. The number of ether oxygens (including phenoxy) is 1. The fraction of sp³-hybridized carbons (Fsp3) is 0.650. The fourth-order valence-electron chi connectivity index (χ4n) is 3.75. The van der Waals surface area contributed by atoms with E-state index in [1.807, 2.05) is 0 Å². The molecule has 1 aliphatic carbocycles. The van der Waals surface area contributed by atoms with Crippen LogP contribution in [0.3, 0.4) is 0 Å². The van der Waals surface area contributed by atoms with Crippen LogP contribution in [0.4, 0.5) is 0 Å². The van der Waals surface area contributed by atoms with Crippen molar-refractivity contribution in [3.8, 4) is 0 Å². The summed E-state index contributed by atoms with van der Waals surface area (Å²) in [5.74, 6) is 0.0928. The molecule has 4 heteroatoms. The highest BCUT2D eigenvalue weighted by molar-refractivity contribution is 5.78. The molecule has 0 spiro atoms. The first-order valence-corrected chi connectivity index (χ1v) is 9.19. The molecule has 0 radical (unpaired) electrons. The second-order valence-corrected chi connectivity index (χ2v) is 7.81. The van der Waals surface area contributed by atoms with Crippen molar-refractivity contribution in [3.05, 3.63) is 34.9 Å². The van der Waals surface area contributed by atoms with Crippen molar-refractivity contribution >= 4 is 5.91 Å². The zero-order valence-electron chi connectivity index (χ0n) is 15.2. The number of fused-ring (bicyclic) bond motifs is 1. The normalized spacial score (nSPS) is 21.8. The molecule has 132 valence electrons. The van der Waals surface area contributed by atoms with Gasteiger partial charge in [0, 0.05) is 12.1 Å². The Morgan fingerprint density at radius 3 is 2.79 bits per heavy atom. The summed E-state index contributed by atoms with van der Waals surface area (Å²) >= 11 is 0. The molecule has 0 unspecified atom stereocenters. The lowest BCUT2D eigenvalue weighted by Crippen LogP contribution is -2.55. The number of carbonyl (C=O) groups excluding carboxylic acids is 1. The molecule has 1 atom stereocenters. The second-order valence-electron chi connectivity index (χ2n) is 7.81. The molecule has 0 bridgehead atoms. The minimum absolute atomic E-state index is 0.0499. The highest BCUT2D eigenvalue weighted by atomic mass is 16.5. The van der Waals surface area contributed by atoms with Crippen molar-refractivity contribution in [3.63, 3.8) is 0 Å². The van der Waals surface area contributed by atoms with E-state index in [2.05, 4.69) is 49.2 Å². The average molecular weight is 330 g/mol. The Morgan fingerprint density at radius 1 is 1.29 bits per heavy atom. The van der Waals surface area contributed by atoms with E-state index in [4.69, 9.17) is 4.74 Å². The number of benzene rings is 1. The van der Waals surface area contributed by atoms with E-state index in [9.17, 15) is 4.79 Å². The first-order valence-electron chi connectivity index (χ1n) is 9.19. The molecule has 4 nitrogen and oxygen atoms in total. The molecule has 1 amide bonds. The second kappa shape index (κ2) is 7.24. The van der Waals surface area contributed by atoms with Crippen LogP contribution < -0.4 is 5.32 Å². The average Bonchev–Trinajstić information content (AvgIpc) is 2.56. The third-order valence-corrected chi connectivity index (χ3v) is 5.40. The molecule has 2 aliphatic rings. The van der Waals surface area contributed by atoms with Gasteiger partial charge in [-0.05, 0) is 63.1 Å². The summed E-state index contributed by atoms with van der Waals surface area (Å²) in [6, 6.07) is 6.76. The quantitative estimate of drug-likeness (QED) is 0.923. The Hall–Kier alpha value is -1.39. The summed E-state index contributed by atoms with van der Waals surface area (Å²) < 4.78 is 5.53. The van der Waals surface area contributed by atoms with E-state index in [0.29, 0.717) is 19.8 Å². The Morgan fingerprint density at radius 2 is 2.04 bits per heavy atom. The van der Waals surface area contributed by atoms with Crippen molar-refractivity contribution in [1.29, 1.82) is 0 Å². The summed E-state index contributed by atoms with van der Waals surface area (Å²) in [7, 11) is 0. The van der Waals surface area contributed by atoms with E-state index in [1.54, 1.807) is 0 Å². The molecule has 1 aliphatic heterocycles. The number of amides is 1. The van der Waals surface area contributed by atoms with Crippen LogP contribution in [0.25, 0.3) is 0 Å². The van der Waals surface area contributed by atoms with Gasteiger partial charge in [0.2, 0.25) is 5.91 Å². The number of morpholine rings is 1. The van der Waals surface area contributed by atoms with Crippen molar-refractivity contribution in [2.24, 2.45) is 0 Å². The Kier molecular flexibility index (Phi) is 5.26. The van der Waals surface area contributed by atoms with Gasteiger partial charge in [0.05, 0.1) is 25.8 Å². The summed E-state index contributed by atoms with van der Waals surface area (Å²) in [5.41, 5.74) is 4.09. The third-order valence-electron chi connectivity index (χ3n) is 5.40. The molecule has 0 saturated carbocycles. The van der Waals surface area contributed by atoms with Crippen LogP contribution in [0.2, 0.25) is 0 Å². The van der Waals surface area contributed by atoms with Gasteiger partial charge >= 0.3 is 0 Å². The molecular formula is C20H30N2O2. The molecule has 1 fully saturated rings. The molecule has 1 aromatic carbocycles. The molecule has 24 heavy (non-hydrogen) atoms. The van der Waals surface area contributed by atoms with Gasteiger partial charge in [0.25, 0.3) is 0 Å². The molecule has 1 saturated heterocycles. The number of carbonyl (C=O) groups is 1. The van der Waals surface area contributed by atoms with Crippen LogP contribution in [0.1, 0.15) is 56.3 Å². The number of nitrogens with one attached hydrogen (secondary N) is 1. The van der Waals surface area contributed by atoms with E-state index in [-0.39, 0.29) is 17.5 Å². The van der Waals surface area contributed by atoms with Crippen LogP contribution in [0.5, 0.6) is 0 Å². The van der Waals surface area contributed by atoms with Gasteiger partial charge in [-0.1, -0.05) is 18.2 Å². The van der Waals surface area contributed by atoms with Crippen LogP contribution >= 0.6 is 0 Å². The molecular weight excluding hydrogens is 300 g/mol. The molecule has 3 rings (SSSR count). The van der Waals surface area contributed by atoms with Crippen LogP contribution in [-0.2, 0) is 22.4 Å². The van der Waals surface area contributed by atoms with Crippen molar-refractivity contribution < 1.29 is 9.53 Å². The number of nitrogens with zero attached hydrogens (tertiary/aromatic N) is 1. The van der Waals surface area contributed by atoms with Crippen LogP contribution in [0.15, 0.2) is 18.2 Å². The van der Waals surface area contributed by atoms with Gasteiger partial charge in [-0.25, -0.2) is 0 Å². The minimum Gasteiger partial charge on any atom is -0.378 e. The number of hydrogen-bond donors (Lipinski definition) is 1. The molecule has 0 aromatic heterocycles. The zero-order valence-corrected chi connectivity index (χ0v) is 15.2. The largest absolute Gasteiger partial charge is 0.378 e. The monoisotopic (exact) mass is 330 g/mol. The Labute approximate surface area is 145 Å². The number of hydrogen-bond acceptors (Lipinski definition) is 3. The smallest absolute Gasteiger partial charge is 0.234 e. The maximum Gasteiger partial charge on any atom is 0.234 e. The Bertz CT molecular complexity index is 597. The predicted octanol–water partition coefficient (Wildman–Crippen LogP) is 2.85. The summed E-state index contributed by atoms with van der Waals surface area (Å²) in [6.07, 6.45) is 4.95. The van der Waals surface area contributed by atoms with Gasteiger partial charge in [-0.15, -0.1) is 0 Å². The van der Waals surface area contributed by atoms with Gasteiger partial charge in [0.15, 0.2) is 0 Å². The topological polar surface area (TPSA) is 41.6 Å². The first kappa shape index (κ1) is 17.4. The van der Waals surface area contributed by atoms with Crippen LogP contribution in [-0.4, -0.2) is 42.6 Å². The lowest BCUT2D eigenvalue weighted by atomic mass is 9.89. The maximum absolute atomic E-state index is 12.5.